The summed E-state index contributed by atoms with van der Waals surface area (Å²) in [6.45, 7) is -0.394. The van der Waals surface area contributed by atoms with E-state index < -0.39 is 9.85 Å². The maximum absolute atomic E-state index is 10.8. The molecule has 0 aliphatic carbocycles. The van der Waals surface area contributed by atoms with Gasteiger partial charge in [-0.05, 0) is 63.7 Å². The number of hydrogen-bond donors (Lipinski definition) is 0. The van der Waals surface area contributed by atoms with Crippen molar-refractivity contribution >= 4 is 75.1 Å². The quantitative estimate of drug-likeness (QED) is 0.153. The molecule has 0 heterocycles. The molecule has 27 heavy (non-hydrogen) atoms. The predicted molar refractivity (Wildman–Crippen MR) is 109 cm³/mol. The lowest BCUT2D eigenvalue weighted by Gasteiger charge is -2.13. The van der Waals surface area contributed by atoms with Crippen molar-refractivity contribution in [3.05, 3.63) is 62.4 Å². The molecular formula is C14H8Br4N2O7. The molecule has 144 valence electrons. The summed E-state index contributed by atoms with van der Waals surface area (Å²) in [5.74, 6) is 0.664. The molecule has 0 radical (unpaired) electrons. The second kappa shape index (κ2) is 9.78. The summed E-state index contributed by atoms with van der Waals surface area (Å²) < 4.78 is 17.6. The molecule has 0 unspecified atom stereocenters. The van der Waals surface area contributed by atoms with Gasteiger partial charge in [-0.25, -0.2) is 0 Å². The van der Waals surface area contributed by atoms with Crippen molar-refractivity contribution < 1.29 is 24.1 Å². The van der Waals surface area contributed by atoms with Gasteiger partial charge in [0.15, 0.2) is 25.1 Å². The summed E-state index contributed by atoms with van der Waals surface area (Å²) in [5.41, 5.74) is -0.198. The Morgan fingerprint density at radius 2 is 1.00 bits per heavy atom. The molecule has 0 saturated heterocycles. The molecule has 0 aromatic heterocycles. The van der Waals surface area contributed by atoms with Crippen LogP contribution in [0.2, 0.25) is 0 Å². The van der Waals surface area contributed by atoms with Gasteiger partial charge in [0.25, 0.3) is 11.4 Å². The first-order valence-electron chi connectivity index (χ1n) is 6.81. The van der Waals surface area contributed by atoms with Gasteiger partial charge in [-0.3, -0.25) is 20.2 Å². The maximum atomic E-state index is 10.8. The average Bonchev–Trinajstić information content (AvgIpc) is 2.57. The Labute approximate surface area is 185 Å². The van der Waals surface area contributed by atoms with Gasteiger partial charge in [-0.2, -0.15) is 0 Å². The first-order chi connectivity index (χ1) is 12.7. The maximum Gasteiger partial charge on any atom is 0.271 e. The minimum atomic E-state index is -0.524. The molecule has 13 heteroatoms. The Bertz CT molecular complexity index is 776. The van der Waals surface area contributed by atoms with Crippen LogP contribution in [0.4, 0.5) is 11.4 Å². The fraction of sp³-hybridized carbons (Fsp3) is 0.143. The van der Waals surface area contributed by atoms with Crippen LogP contribution >= 0.6 is 63.7 Å². The lowest BCUT2D eigenvalue weighted by Crippen LogP contribution is -2.10. The highest BCUT2D eigenvalue weighted by molar-refractivity contribution is 9.11. The van der Waals surface area contributed by atoms with E-state index in [4.69, 9.17) is 14.2 Å². The third kappa shape index (κ3) is 5.85. The topological polar surface area (TPSA) is 114 Å². The number of halogens is 4. The van der Waals surface area contributed by atoms with Gasteiger partial charge < -0.3 is 14.2 Å². The molecule has 0 saturated carbocycles. The Morgan fingerprint density at radius 1 is 0.704 bits per heavy atom. The molecule has 2 aromatic rings. The van der Waals surface area contributed by atoms with Crippen LogP contribution in [0.5, 0.6) is 11.5 Å². The summed E-state index contributed by atoms with van der Waals surface area (Å²) in [6.07, 6.45) is 0. The number of nitrogens with zero attached hydrogens (tertiary/aromatic N) is 2. The third-order valence-electron chi connectivity index (χ3n) is 2.96. The second-order valence-electron chi connectivity index (χ2n) is 4.72. The Morgan fingerprint density at radius 3 is 1.26 bits per heavy atom. The van der Waals surface area contributed by atoms with Gasteiger partial charge in [0.2, 0.25) is 0 Å². The fourth-order valence-electron chi connectivity index (χ4n) is 1.81. The van der Waals surface area contributed by atoms with E-state index in [-0.39, 0.29) is 25.0 Å². The number of non-ortho nitro benzene ring substituents is 2. The van der Waals surface area contributed by atoms with E-state index >= 15 is 0 Å². The van der Waals surface area contributed by atoms with Crippen LogP contribution in [0.25, 0.3) is 0 Å². The molecule has 9 nitrogen and oxygen atoms in total. The summed E-state index contributed by atoms with van der Waals surface area (Å²) >= 11 is 12.8. The van der Waals surface area contributed by atoms with Gasteiger partial charge in [0, 0.05) is 24.3 Å². The van der Waals surface area contributed by atoms with E-state index in [0.29, 0.717) is 29.4 Å². The summed E-state index contributed by atoms with van der Waals surface area (Å²) in [6, 6.07) is 5.23. The van der Waals surface area contributed by atoms with E-state index in [9.17, 15) is 20.2 Å². The lowest BCUT2D eigenvalue weighted by atomic mass is 10.3. The summed E-state index contributed by atoms with van der Waals surface area (Å²) in [4.78, 5) is 20.6. The van der Waals surface area contributed by atoms with Crippen molar-refractivity contribution in [1.82, 2.24) is 0 Å². The van der Waals surface area contributed by atoms with Gasteiger partial charge in [0.05, 0.1) is 27.7 Å². The SMILES string of the molecule is O=[N+]([O-])c1cc(Br)c(OCOCOc2c(Br)cc([N+](=O)[O-])cc2Br)c(Br)c1. The number of hydrogen-bond acceptors (Lipinski definition) is 7. The minimum Gasteiger partial charge on any atom is -0.465 e. The zero-order valence-corrected chi connectivity index (χ0v) is 19.3. The minimum absolute atomic E-state index is 0.0989. The van der Waals surface area contributed by atoms with E-state index in [1.54, 1.807) is 0 Å². The first kappa shape index (κ1) is 22.0. The van der Waals surface area contributed by atoms with E-state index in [1.165, 1.54) is 24.3 Å². The normalized spacial score (nSPS) is 10.5. The molecular weight excluding hydrogens is 628 g/mol. The molecule has 2 rings (SSSR count). The van der Waals surface area contributed by atoms with Crippen LogP contribution in [0.3, 0.4) is 0 Å². The van der Waals surface area contributed by atoms with Crippen molar-refractivity contribution in [3.63, 3.8) is 0 Å². The van der Waals surface area contributed by atoms with Crippen molar-refractivity contribution in [2.75, 3.05) is 13.6 Å². The van der Waals surface area contributed by atoms with Crippen LogP contribution in [0, 0.1) is 20.2 Å². The van der Waals surface area contributed by atoms with Crippen molar-refractivity contribution in [3.8, 4) is 11.5 Å². The highest BCUT2D eigenvalue weighted by atomic mass is 79.9. The van der Waals surface area contributed by atoms with Crippen molar-refractivity contribution in [2.24, 2.45) is 0 Å². The number of rotatable bonds is 8. The molecule has 0 aliphatic heterocycles. The lowest BCUT2D eigenvalue weighted by molar-refractivity contribution is -0.385. The number of nitro groups is 2. The van der Waals surface area contributed by atoms with E-state index in [2.05, 4.69) is 63.7 Å². The monoisotopic (exact) mass is 632 g/mol. The van der Waals surface area contributed by atoms with Crippen LogP contribution in [0.15, 0.2) is 42.2 Å². The van der Waals surface area contributed by atoms with Crippen LogP contribution in [-0.4, -0.2) is 23.4 Å². The predicted octanol–water partition coefficient (Wildman–Crippen LogP) is 5.94. The molecule has 0 atom stereocenters. The van der Waals surface area contributed by atoms with E-state index in [1.807, 2.05) is 0 Å². The Kier molecular flexibility index (Phi) is 7.97. The van der Waals surface area contributed by atoms with Gasteiger partial charge in [0.1, 0.15) is 0 Å². The second-order valence-corrected chi connectivity index (χ2v) is 8.14. The van der Waals surface area contributed by atoms with Crippen molar-refractivity contribution in [1.29, 1.82) is 0 Å². The number of benzene rings is 2. The van der Waals surface area contributed by atoms with Gasteiger partial charge >= 0.3 is 0 Å². The largest absolute Gasteiger partial charge is 0.465 e. The zero-order chi connectivity index (χ0) is 20.1. The zero-order valence-electron chi connectivity index (χ0n) is 13.0. The van der Waals surface area contributed by atoms with Gasteiger partial charge in [-0.15, -0.1) is 0 Å². The number of nitro benzene ring substituents is 2. The highest BCUT2D eigenvalue weighted by Gasteiger charge is 2.16. The standard InChI is InChI=1S/C14H8Br4N2O7/c15-9-1-7(19(21)22)2-10(16)13(9)26-5-25-6-27-14-11(17)3-8(20(23)24)4-12(14)18/h1-4H,5-6H2. The smallest absolute Gasteiger partial charge is 0.271 e. The van der Waals surface area contributed by atoms with Crippen LogP contribution in [-0.2, 0) is 4.74 Å². The van der Waals surface area contributed by atoms with Crippen molar-refractivity contribution in [2.45, 2.75) is 0 Å². The highest BCUT2D eigenvalue weighted by Crippen LogP contribution is 2.38. The molecule has 0 aliphatic rings. The van der Waals surface area contributed by atoms with E-state index in [0.717, 1.165) is 0 Å². The fourth-order valence-corrected chi connectivity index (χ4v) is 4.60. The molecule has 2 aromatic carbocycles. The Balaban J connectivity index is 1.92. The Hall–Kier alpha value is -1.28. The van der Waals surface area contributed by atoms with Crippen LogP contribution in [0.1, 0.15) is 0 Å². The third-order valence-corrected chi connectivity index (χ3v) is 5.32. The first-order valence-corrected chi connectivity index (χ1v) is 9.98. The number of ether oxygens (including phenoxy) is 3. The average molecular weight is 636 g/mol. The molecule has 0 N–H and O–H groups in total. The summed E-state index contributed by atoms with van der Waals surface area (Å²) in [7, 11) is 0. The molecule has 0 bridgehead atoms. The van der Waals surface area contributed by atoms with Gasteiger partial charge in [-0.1, -0.05) is 0 Å². The van der Waals surface area contributed by atoms with Crippen LogP contribution < -0.4 is 9.47 Å². The molecule has 0 spiro atoms. The molecule has 0 fully saturated rings. The molecule has 0 amide bonds. The summed E-state index contributed by atoms with van der Waals surface area (Å²) in [5, 5.41) is 21.6.